The lowest BCUT2D eigenvalue weighted by Gasteiger charge is -2.30. The molecule has 0 fully saturated rings. The van der Waals surface area contributed by atoms with E-state index in [1.54, 1.807) is 13.8 Å². The van der Waals surface area contributed by atoms with Gasteiger partial charge in [-0.05, 0) is 42.5 Å². The Morgan fingerprint density at radius 2 is 1.73 bits per heavy atom. The molecule has 8 heteroatoms. The van der Waals surface area contributed by atoms with Gasteiger partial charge < -0.3 is 10.1 Å². The van der Waals surface area contributed by atoms with E-state index in [-0.39, 0.29) is 16.7 Å². The summed E-state index contributed by atoms with van der Waals surface area (Å²) in [6.07, 6.45) is 1.12. The summed E-state index contributed by atoms with van der Waals surface area (Å²) in [5.41, 5.74) is 0. The first-order chi connectivity index (χ1) is 12.0. The predicted octanol–water partition coefficient (Wildman–Crippen LogP) is 2.20. The lowest BCUT2D eigenvalue weighted by molar-refractivity contribution is -0.128. The van der Waals surface area contributed by atoms with E-state index in [0.29, 0.717) is 12.7 Å². The lowest BCUT2D eigenvalue weighted by Crippen LogP contribution is -2.53. The standard InChI is InChI=1S/C18H27FN2O4S/c1-12(2)10-15(11-22)20-18(23)17(13(3)4)21(5)26(24,25)16-8-6-14(19)7-9-16/h6-9,11-13,15,17H,10H2,1-5H3,(H,20,23)/t15-,17+/m1/s1. The first-order valence-electron chi connectivity index (χ1n) is 8.50. The van der Waals surface area contributed by atoms with Gasteiger partial charge in [0.2, 0.25) is 15.9 Å². The number of nitrogens with one attached hydrogen (secondary N) is 1. The third kappa shape index (κ3) is 5.60. The second-order valence-electron chi connectivity index (χ2n) is 7.04. The van der Waals surface area contributed by atoms with E-state index < -0.39 is 33.8 Å². The number of sulfonamides is 1. The molecule has 6 nitrogen and oxygen atoms in total. The molecule has 26 heavy (non-hydrogen) atoms. The Morgan fingerprint density at radius 3 is 2.15 bits per heavy atom. The number of hydrogen-bond donors (Lipinski definition) is 1. The lowest BCUT2D eigenvalue weighted by atomic mass is 10.0. The molecule has 0 saturated carbocycles. The molecule has 1 aromatic carbocycles. The van der Waals surface area contributed by atoms with Crippen LogP contribution in [0.1, 0.15) is 34.1 Å². The molecule has 146 valence electrons. The van der Waals surface area contributed by atoms with Crippen LogP contribution in [0.4, 0.5) is 4.39 Å². The van der Waals surface area contributed by atoms with Crippen LogP contribution in [0.15, 0.2) is 29.2 Å². The van der Waals surface area contributed by atoms with E-state index in [2.05, 4.69) is 5.32 Å². The Morgan fingerprint density at radius 1 is 1.19 bits per heavy atom. The molecule has 0 heterocycles. The highest BCUT2D eigenvalue weighted by Gasteiger charge is 2.35. The Hall–Kier alpha value is -1.80. The SMILES string of the molecule is CC(C)C[C@H](C=O)NC(=O)[C@H](C(C)C)N(C)S(=O)(=O)c1ccc(F)cc1. The smallest absolute Gasteiger partial charge is 0.243 e. The summed E-state index contributed by atoms with van der Waals surface area (Å²) in [5, 5.41) is 2.62. The Labute approximate surface area is 154 Å². The van der Waals surface area contributed by atoms with Crippen LogP contribution in [0.5, 0.6) is 0 Å². The van der Waals surface area contributed by atoms with E-state index in [9.17, 15) is 22.4 Å². The molecule has 0 aliphatic carbocycles. The normalized spacial score (nSPS) is 14.5. The van der Waals surface area contributed by atoms with Crippen molar-refractivity contribution in [3.63, 3.8) is 0 Å². The fourth-order valence-electron chi connectivity index (χ4n) is 2.73. The number of likely N-dealkylation sites (N-methyl/N-ethyl adjacent to an activating group) is 1. The van der Waals surface area contributed by atoms with Crippen molar-refractivity contribution in [3.05, 3.63) is 30.1 Å². The maximum Gasteiger partial charge on any atom is 0.243 e. The van der Waals surface area contributed by atoms with Crippen molar-refractivity contribution < 1.29 is 22.4 Å². The average molecular weight is 386 g/mol. The monoisotopic (exact) mass is 386 g/mol. The quantitative estimate of drug-likeness (QED) is 0.660. The van der Waals surface area contributed by atoms with E-state index >= 15 is 0 Å². The van der Waals surface area contributed by atoms with Gasteiger partial charge in [0.25, 0.3) is 0 Å². The summed E-state index contributed by atoms with van der Waals surface area (Å²) in [4.78, 5) is 23.8. The average Bonchev–Trinajstić information content (AvgIpc) is 2.53. The van der Waals surface area contributed by atoms with Crippen molar-refractivity contribution in [1.29, 1.82) is 0 Å². The van der Waals surface area contributed by atoms with Gasteiger partial charge in [-0.1, -0.05) is 27.7 Å². The number of benzene rings is 1. The molecule has 0 saturated heterocycles. The number of aldehydes is 1. The molecule has 0 unspecified atom stereocenters. The van der Waals surface area contributed by atoms with Crippen molar-refractivity contribution in [3.8, 4) is 0 Å². The van der Waals surface area contributed by atoms with Crippen LogP contribution < -0.4 is 5.32 Å². The molecule has 1 amide bonds. The highest BCUT2D eigenvalue weighted by molar-refractivity contribution is 7.89. The summed E-state index contributed by atoms with van der Waals surface area (Å²) in [7, 11) is -2.69. The molecule has 1 aromatic rings. The molecule has 1 N–H and O–H groups in total. The Balaban J connectivity index is 3.09. The van der Waals surface area contributed by atoms with Gasteiger partial charge >= 0.3 is 0 Å². The molecule has 0 aromatic heterocycles. The number of rotatable bonds is 9. The van der Waals surface area contributed by atoms with Crippen molar-refractivity contribution >= 4 is 22.2 Å². The van der Waals surface area contributed by atoms with E-state index in [1.807, 2.05) is 13.8 Å². The van der Waals surface area contributed by atoms with Crippen LogP contribution in [0.2, 0.25) is 0 Å². The van der Waals surface area contributed by atoms with Crippen molar-refractivity contribution in [1.82, 2.24) is 9.62 Å². The third-order valence-electron chi connectivity index (χ3n) is 4.00. The second-order valence-corrected chi connectivity index (χ2v) is 9.04. The van der Waals surface area contributed by atoms with Crippen molar-refractivity contribution in [2.45, 2.75) is 51.1 Å². The van der Waals surface area contributed by atoms with Crippen LogP contribution >= 0.6 is 0 Å². The molecule has 0 bridgehead atoms. The number of nitrogens with zero attached hydrogens (tertiary/aromatic N) is 1. The van der Waals surface area contributed by atoms with E-state index in [4.69, 9.17) is 0 Å². The zero-order valence-corrected chi connectivity index (χ0v) is 16.6. The number of carbonyl (C=O) groups is 2. The summed E-state index contributed by atoms with van der Waals surface area (Å²) < 4.78 is 39.6. The molecule has 0 aliphatic rings. The first-order valence-corrected chi connectivity index (χ1v) is 9.94. The first kappa shape index (κ1) is 22.2. The Bertz CT molecular complexity index is 717. The highest BCUT2D eigenvalue weighted by Crippen LogP contribution is 2.21. The second kappa shape index (κ2) is 9.23. The van der Waals surface area contributed by atoms with Gasteiger partial charge in [0.05, 0.1) is 10.9 Å². The molecule has 1 rings (SSSR count). The van der Waals surface area contributed by atoms with Gasteiger partial charge in [-0.2, -0.15) is 4.31 Å². The molecule has 0 radical (unpaired) electrons. The van der Waals surface area contributed by atoms with E-state index in [1.165, 1.54) is 7.05 Å². The number of halogens is 1. The van der Waals surface area contributed by atoms with Gasteiger partial charge in [0.15, 0.2) is 0 Å². The van der Waals surface area contributed by atoms with Crippen LogP contribution in [-0.4, -0.2) is 44.0 Å². The summed E-state index contributed by atoms with van der Waals surface area (Å²) in [6, 6.07) is 2.74. The number of carbonyl (C=O) groups excluding carboxylic acids is 2. The molecular weight excluding hydrogens is 359 g/mol. The fourth-order valence-corrected chi connectivity index (χ4v) is 4.19. The largest absolute Gasteiger partial charge is 0.345 e. The van der Waals surface area contributed by atoms with Crippen LogP contribution in [0, 0.1) is 17.7 Å². The number of hydrogen-bond acceptors (Lipinski definition) is 4. The Kier molecular flexibility index (Phi) is 7.89. The van der Waals surface area contributed by atoms with Gasteiger partial charge in [-0.25, -0.2) is 12.8 Å². The zero-order chi connectivity index (χ0) is 20.1. The fraction of sp³-hybridized carbons (Fsp3) is 0.556. The maximum atomic E-state index is 13.1. The van der Waals surface area contributed by atoms with Crippen LogP contribution in [-0.2, 0) is 19.6 Å². The summed E-state index contributed by atoms with van der Waals surface area (Å²) in [6.45, 7) is 7.29. The minimum atomic E-state index is -3.99. The van der Waals surface area contributed by atoms with Crippen molar-refractivity contribution in [2.75, 3.05) is 7.05 Å². The minimum absolute atomic E-state index is 0.103. The zero-order valence-electron chi connectivity index (χ0n) is 15.8. The number of amides is 1. The molecular formula is C18H27FN2O4S. The van der Waals surface area contributed by atoms with Gasteiger partial charge in [-0.3, -0.25) is 4.79 Å². The molecule has 0 spiro atoms. The van der Waals surface area contributed by atoms with Crippen LogP contribution in [0.3, 0.4) is 0 Å². The van der Waals surface area contributed by atoms with Crippen LogP contribution in [0.25, 0.3) is 0 Å². The highest BCUT2D eigenvalue weighted by atomic mass is 32.2. The predicted molar refractivity (Wildman–Crippen MR) is 97.4 cm³/mol. The molecule has 2 atom stereocenters. The summed E-state index contributed by atoms with van der Waals surface area (Å²) in [5.74, 6) is -1.22. The summed E-state index contributed by atoms with van der Waals surface area (Å²) >= 11 is 0. The van der Waals surface area contributed by atoms with Crippen molar-refractivity contribution in [2.24, 2.45) is 11.8 Å². The maximum absolute atomic E-state index is 13.1. The van der Waals surface area contributed by atoms with Gasteiger partial charge in [0.1, 0.15) is 18.1 Å². The van der Waals surface area contributed by atoms with Gasteiger partial charge in [-0.15, -0.1) is 0 Å². The third-order valence-corrected chi connectivity index (χ3v) is 5.85. The minimum Gasteiger partial charge on any atom is -0.345 e. The molecule has 0 aliphatic heterocycles. The van der Waals surface area contributed by atoms with E-state index in [0.717, 1.165) is 28.6 Å². The topological polar surface area (TPSA) is 83.6 Å². The van der Waals surface area contributed by atoms with Gasteiger partial charge in [0, 0.05) is 7.05 Å².